The average molecular weight is 504 g/mol. The Morgan fingerprint density at radius 3 is 2.61 bits per heavy atom. The molecule has 0 spiro atoms. The zero-order valence-electron chi connectivity index (χ0n) is 21.9. The van der Waals surface area contributed by atoms with Gasteiger partial charge in [0.1, 0.15) is 0 Å². The van der Waals surface area contributed by atoms with E-state index in [1.165, 1.54) is 5.56 Å². The molecule has 0 unspecified atom stereocenters. The lowest BCUT2D eigenvalue weighted by molar-refractivity contribution is -0.115. The van der Waals surface area contributed by atoms with Gasteiger partial charge in [0, 0.05) is 48.5 Å². The third-order valence-electron chi connectivity index (χ3n) is 5.87. The van der Waals surface area contributed by atoms with Gasteiger partial charge in [0.2, 0.25) is 5.91 Å². The standard InChI is InChI=1S/C29H37N5OS/c1-21-16-26(30)25(19-28(21)32-29(35)18-24-10-7-15-36-24)27(31-2)12-11-22-8-6-9-23(17-22)20-34(5)14-13-33(3)4/h6-12,15-17,19H,13-14,18,20,30H2,1-5H3,(H,32,35)/b12-11+,31-27?. The van der Waals surface area contributed by atoms with Gasteiger partial charge in [-0.05, 0) is 74.4 Å². The van der Waals surface area contributed by atoms with Gasteiger partial charge in [-0.2, -0.15) is 0 Å². The number of allylic oxidation sites excluding steroid dienone is 1. The van der Waals surface area contributed by atoms with E-state index in [4.69, 9.17) is 5.73 Å². The molecule has 3 N–H and O–H groups in total. The Morgan fingerprint density at radius 2 is 1.92 bits per heavy atom. The van der Waals surface area contributed by atoms with Crippen LogP contribution < -0.4 is 11.1 Å². The van der Waals surface area contributed by atoms with Gasteiger partial charge in [0.25, 0.3) is 0 Å². The molecule has 0 atom stereocenters. The van der Waals surface area contributed by atoms with E-state index >= 15 is 0 Å². The van der Waals surface area contributed by atoms with Crippen LogP contribution >= 0.6 is 11.3 Å². The summed E-state index contributed by atoms with van der Waals surface area (Å²) in [7, 11) is 8.08. The molecule has 3 aromatic rings. The summed E-state index contributed by atoms with van der Waals surface area (Å²) in [5, 5.41) is 5.01. The molecule has 6 nitrogen and oxygen atoms in total. The molecule has 7 heteroatoms. The number of aryl methyl sites for hydroxylation is 1. The van der Waals surface area contributed by atoms with Gasteiger partial charge in [-0.15, -0.1) is 11.3 Å². The number of carbonyl (C=O) groups excluding carboxylic acids is 1. The molecule has 1 aromatic heterocycles. The van der Waals surface area contributed by atoms with Crippen molar-refractivity contribution >= 4 is 40.4 Å². The minimum absolute atomic E-state index is 0.0471. The first-order valence-corrected chi connectivity index (χ1v) is 12.9. The molecule has 36 heavy (non-hydrogen) atoms. The number of nitrogen functional groups attached to an aromatic ring is 1. The number of likely N-dealkylation sites (N-methyl/N-ethyl adjacent to an activating group) is 2. The van der Waals surface area contributed by atoms with Crippen molar-refractivity contribution in [2.24, 2.45) is 4.99 Å². The number of nitrogens with one attached hydrogen (secondary N) is 1. The third-order valence-corrected chi connectivity index (χ3v) is 6.74. The molecular weight excluding hydrogens is 466 g/mol. The van der Waals surface area contributed by atoms with Crippen LogP contribution in [0.4, 0.5) is 11.4 Å². The quantitative estimate of drug-likeness (QED) is 0.287. The van der Waals surface area contributed by atoms with Gasteiger partial charge in [-0.1, -0.05) is 36.4 Å². The minimum atomic E-state index is -0.0471. The van der Waals surface area contributed by atoms with Gasteiger partial charge in [0.05, 0.1) is 12.1 Å². The van der Waals surface area contributed by atoms with Crippen molar-refractivity contribution in [2.45, 2.75) is 19.9 Å². The van der Waals surface area contributed by atoms with E-state index in [1.54, 1.807) is 18.4 Å². The largest absolute Gasteiger partial charge is 0.398 e. The van der Waals surface area contributed by atoms with Gasteiger partial charge < -0.3 is 20.9 Å². The third kappa shape index (κ3) is 8.16. The summed E-state index contributed by atoms with van der Waals surface area (Å²) in [5.74, 6) is -0.0471. The number of nitrogens with two attached hydrogens (primary N) is 1. The fraction of sp³-hybridized carbons (Fsp3) is 0.310. The summed E-state index contributed by atoms with van der Waals surface area (Å²) in [6.07, 6.45) is 4.39. The lowest BCUT2D eigenvalue weighted by Crippen LogP contribution is -2.28. The molecule has 0 saturated carbocycles. The van der Waals surface area contributed by atoms with E-state index in [9.17, 15) is 4.79 Å². The highest BCUT2D eigenvalue weighted by molar-refractivity contribution is 7.10. The van der Waals surface area contributed by atoms with Crippen LogP contribution in [-0.2, 0) is 17.8 Å². The highest BCUT2D eigenvalue weighted by Crippen LogP contribution is 2.25. The van der Waals surface area contributed by atoms with Crippen LogP contribution in [0.2, 0.25) is 0 Å². The second-order valence-corrected chi connectivity index (χ2v) is 10.3. The number of anilines is 2. The predicted molar refractivity (Wildman–Crippen MR) is 155 cm³/mol. The van der Waals surface area contributed by atoms with Crippen molar-refractivity contribution in [3.05, 3.63) is 87.1 Å². The summed E-state index contributed by atoms with van der Waals surface area (Å²) in [6.45, 7) is 4.88. The van der Waals surface area contributed by atoms with Gasteiger partial charge in [0.15, 0.2) is 0 Å². The van der Waals surface area contributed by atoms with E-state index in [1.807, 2.05) is 42.6 Å². The van der Waals surface area contributed by atoms with Crippen molar-refractivity contribution in [3.63, 3.8) is 0 Å². The SMILES string of the molecule is CN=C(/C=C/c1cccc(CN(C)CCN(C)C)c1)c1cc(NC(=O)Cc2cccs2)c(C)cc1N. The number of hydrogen-bond acceptors (Lipinski definition) is 6. The monoisotopic (exact) mass is 503 g/mol. The summed E-state index contributed by atoms with van der Waals surface area (Å²) >= 11 is 1.58. The lowest BCUT2D eigenvalue weighted by atomic mass is 10.0. The second-order valence-electron chi connectivity index (χ2n) is 9.29. The molecule has 0 saturated heterocycles. The zero-order chi connectivity index (χ0) is 26.1. The highest BCUT2D eigenvalue weighted by atomic mass is 32.1. The first kappa shape index (κ1) is 27.3. The van der Waals surface area contributed by atoms with Gasteiger partial charge in [-0.3, -0.25) is 9.79 Å². The number of amides is 1. The van der Waals surface area contributed by atoms with Crippen molar-refractivity contribution < 1.29 is 4.79 Å². The molecule has 0 radical (unpaired) electrons. The van der Waals surface area contributed by atoms with E-state index < -0.39 is 0 Å². The molecule has 3 rings (SSSR count). The van der Waals surface area contributed by atoms with Crippen molar-refractivity contribution in [1.82, 2.24) is 9.80 Å². The normalized spacial score (nSPS) is 12.1. The van der Waals surface area contributed by atoms with E-state index in [-0.39, 0.29) is 5.91 Å². The number of carbonyl (C=O) groups is 1. The fourth-order valence-electron chi connectivity index (χ4n) is 3.87. The molecule has 190 valence electrons. The van der Waals surface area contributed by atoms with E-state index in [0.717, 1.165) is 52.6 Å². The molecule has 0 fully saturated rings. The Bertz CT molecular complexity index is 1210. The Morgan fingerprint density at radius 1 is 1.11 bits per heavy atom. The number of rotatable bonds is 11. The highest BCUT2D eigenvalue weighted by Gasteiger charge is 2.12. The number of hydrogen-bond donors (Lipinski definition) is 2. The molecule has 2 aromatic carbocycles. The zero-order valence-corrected chi connectivity index (χ0v) is 22.7. The first-order chi connectivity index (χ1) is 17.2. The average Bonchev–Trinajstić information content (AvgIpc) is 3.34. The summed E-state index contributed by atoms with van der Waals surface area (Å²) < 4.78 is 0. The van der Waals surface area contributed by atoms with Crippen LogP contribution in [0, 0.1) is 6.92 Å². The van der Waals surface area contributed by atoms with Crippen LogP contribution in [0.1, 0.15) is 27.1 Å². The number of benzene rings is 2. The van der Waals surface area contributed by atoms with Crippen molar-refractivity contribution in [2.75, 3.05) is 52.3 Å². The maximum Gasteiger partial charge on any atom is 0.229 e. The van der Waals surface area contributed by atoms with Crippen LogP contribution in [0.5, 0.6) is 0 Å². The van der Waals surface area contributed by atoms with Gasteiger partial charge >= 0.3 is 0 Å². The first-order valence-electron chi connectivity index (χ1n) is 12.0. The topological polar surface area (TPSA) is 74.0 Å². The van der Waals surface area contributed by atoms with Gasteiger partial charge in [-0.25, -0.2) is 0 Å². The van der Waals surface area contributed by atoms with E-state index in [2.05, 4.69) is 71.6 Å². The Hall–Kier alpha value is -3.26. The molecule has 0 bridgehead atoms. The predicted octanol–water partition coefficient (Wildman–Crippen LogP) is 4.95. The summed E-state index contributed by atoms with van der Waals surface area (Å²) in [6, 6.07) is 16.2. The molecule has 1 amide bonds. The Balaban J connectivity index is 1.74. The minimum Gasteiger partial charge on any atom is -0.398 e. The lowest BCUT2D eigenvalue weighted by Gasteiger charge is -2.19. The maximum absolute atomic E-state index is 12.6. The molecule has 0 aliphatic rings. The summed E-state index contributed by atoms with van der Waals surface area (Å²) in [5.41, 5.74) is 12.6. The Labute approximate surface area is 219 Å². The van der Waals surface area contributed by atoms with Crippen LogP contribution in [0.15, 0.2) is 65.0 Å². The van der Waals surface area contributed by atoms with Crippen molar-refractivity contribution in [1.29, 1.82) is 0 Å². The van der Waals surface area contributed by atoms with Crippen LogP contribution in [-0.4, -0.2) is 62.7 Å². The number of aliphatic imine (C=N–C) groups is 1. The summed E-state index contributed by atoms with van der Waals surface area (Å²) in [4.78, 5) is 22.6. The fourth-order valence-corrected chi connectivity index (χ4v) is 4.57. The Kier molecular flexibility index (Phi) is 9.99. The van der Waals surface area contributed by atoms with Crippen LogP contribution in [0.25, 0.3) is 6.08 Å². The molecule has 1 heterocycles. The second kappa shape index (κ2) is 13.2. The van der Waals surface area contributed by atoms with Crippen LogP contribution in [0.3, 0.4) is 0 Å². The number of nitrogens with zero attached hydrogens (tertiary/aromatic N) is 3. The molecule has 0 aliphatic heterocycles. The molecule has 0 aliphatic carbocycles. The van der Waals surface area contributed by atoms with Crippen molar-refractivity contribution in [3.8, 4) is 0 Å². The maximum atomic E-state index is 12.6. The smallest absolute Gasteiger partial charge is 0.229 e. The number of thiophene rings is 1. The van der Waals surface area contributed by atoms with E-state index in [0.29, 0.717) is 12.1 Å². The molecular formula is C29H37N5OS.